The van der Waals surface area contributed by atoms with E-state index in [4.69, 9.17) is 0 Å². The van der Waals surface area contributed by atoms with Gasteiger partial charge in [-0.15, -0.1) is 0 Å². The zero-order valence-corrected chi connectivity index (χ0v) is 14.0. The van der Waals surface area contributed by atoms with E-state index in [0.717, 1.165) is 36.9 Å². The lowest BCUT2D eigenvalue weighted by Crippen LogP contribution is -2.46. The smallest absolute Gasteiger partial charge is 0.321 e. The first-order valence-electron chi connectivity index (χ1n) is 8.30. The van der Waals surface area contributed by atoms with E-state index in [0.29, 0.717) is 13.1 Å². The highest BCUT2D eigenvalue weighted by Crippen LogP contribution is 2.34. The van der Waals surface area contributed by atoms with Gasteiger partial charge in [-0.2, -0.15) is 0 Å². The monoisotopic (exact) mass is 304 g/mol. The predicted octanol–water partition coefficient (Wildman–Crippen LogP) is 3.57. The average molecular weight is 304 g/mol. The lowest BCUT2D eigenvalue weighted by molar-refractivity contribution is 0.0542. The van der Waals surface area contributed by atoms with Crippen molar-refractivity contribution in [1.29, 1.82) is 0 Å². The lowest BCUT2D eigenvalue weighted by atomic mass is 9.77. The number of carbonyl (C=O) groups excluding carboxylic acids is 1. The summed E-state index contributed by atoms with van der Waals surface area (Å²) in [5.74, 6) is 0. The maximum Gasteiger partial charge on any atom is 0.321 e. The Morgan fingerprint density at radius 2 is 2.00 bits per heavy atom. The summed E-state index contributed by atoms with van der Waals surface area (Å²) in [4.78, 5) is 14.4. The minimum absolute atomic E-state index is 0.00796. The molecule has 1 heterocycles. The van der Waals surface area contributed by atoms with Crippen LogP contribution in [-0.2, 0) is 6.42 Å². The molecular weight excluding hydrogens is 276 g/mol. The van der Waals surface area contributed by atoms with Crippen LogP contribution in [0.5, 0.6) is 0 Å². The first kappa shape index (κ1) is 16.8. The van der Waals surface area contributed by atoms with E-state index in [9.17, 15) is 9.90 Å². The summed E-state index contributed by atoms with van der Waals surface area (Å²) in [7, 11) is 0. The third-order valence-corrected chi connectivity index (χ3v) is 5.17. The summed E-state index contributed by atoms with van der Waals surface area (Å²) in [5.41, 5.74) is 3.23. The Morgan fingerprint density at radius 1 is 1.32 bits per heavy atom. The standard InChI is InChI=1S/C18H28N2O2/c1-4-15-8-6-7-14(3)16(15)19-17(22)20-11-9-18(5-2,13-21)10-12-20/h6-8,21H,4-5,9-13H2,1-3H3,(H,19,22). The van der Waals surface area contributed by atoms with Gasteiger partial charge in [0, 0.05) is 25.4 Å². The van der Waals surface area contributed by atoms with Crippen LogP contribution in [-0.4, -0.2) is 35.7 Å². The Kier molecular flexibility index (Phi) is 5.46. The third kappa shape index (κ3) is 3.43. The molecule has 22 heavy (non-hydrogen) atoms. The lowest BCUT2D eigenvalue weighted by Gasteiger charge is -2.40. The molecule has 1 aliphatic heterocycles. The second kappa shape index (κ2) is 7.14. The maximum absolute atomic E-state index is 12.5. The number of aliphatic hydroxyl groups is 1. The Bertz CT molecular complexity index is 514. The zero-order valence-electron chi connectivity index (χ0n) is 14.0. The average Bonchev–Trinajstić information content (AvgIpc) is 2.56. The molecule has 0 radical (unpaired) electrons. The molecule has 1 fully saturated rings. The van der Waals surface area contributed by atoms with Gasteiger partial charge in [0.1, 0.15) is 0 Å². The number of piperidine rings is 1. The van der Waals surface area contributed by atoms with Gasteiger partial charge in [0.05, 0.1) is 0 Å². The summed E-state index contributed by atoms with van der Waals surface area (Å²) in [5, 5.41) is 12.7. The number of likely N-dealkylation sites (tertiary alicyclic amines) is 1. The molecule has 1 aromatic rings. The van der Waals surface area contributed by atoms with Crippen molar-refractivity contribution in [3.8, 4) is 0 Å². The van der Waals surface area contributed by atoms with Crippen molar-refractivity contribution in [3.63, 3.8) is 0 Å². The van der Waals surface area contributed by atoms with Crippen LogP contribution in [0.25, 0.3) is 0 Å². The highest BCUT2D eigenvalue weighted by Gasteiger charge is 2.34. The van der Waals surface area contributed by atoms with Gasteiger partial charge in [0.2, 0.25) is 0 Å². The molecule has 4 heteroatoms. The van der Waals surface area contributed by atoms with Gasteiger partial charge in [0.25, 0.3) is 0 Å². The largest absolute Gasteiger partial charge is 0.396 e. The summed E-state index contributed by atoms with van der Waals surface area (Å²) in [6, 6.07) is 6.10. The number of urea groups is 1. The topological polar surface area (TPSA) is 52.6 Å². The van der Waals surface area contributed by atoms with E-state index < -0.39 is 0 Å². The number of rotatable bonds is 4. The predicted molar refractivity (Wildman–Crippen MR) is 90.2 cm³/mol. The molecule has 1 aromatic carbocycles. The summed E-state index contributed by atoms with van der Waals surface area (Å²) in [6.45, 7) is 7.89. The molecule has 4 nitrogen and oxygen atoms in total. The quantitative estimate of drug-likeness (QED) is 0.893. The molecule has 1 saturated heterocycles. The summed E-state index contributed by atoms with van der Waals surface area (Å²) in [6.07, 6.45) is 3.63. The van der Waals surface area contributed by atoms with E-state index in [2.05, 4.69) is 25.2 Å². The molecular formula is C18H28N2O2. The van der Waals surface area contributed by atoms with Gasteiger partial charge < -0.3 is 15.3 Å². The number of amides is 2. The van der Waals surface area contributed by atoms with Crippen LogP contribution >= 0.6 is 0 Å². The zero-order chi connectivity index (χ0) is 16.2. The van der Waals surface area contributed by atoms with Crippen LogP contribution in [0.1, 0.15) is 44.2 Å². The first-order valence-corrected chi connectivity index (χ1v) is 8.30. The number of nitrogens with zero attached hydrogens (tertiary/aromatic N) is 1. The highest BCUT2D eigenvalue weighted by molar-refractivity contribution is 5.91. The van der Waals surface area contributed by atoms with Gasteiger partial charge >= 0.3 is 6.03 Å². The number of hydrogen-bond acceptors (Lipinski definition) is 2. The highest BCUT2D eigenvalue weighted by atomic mass is 16.3. The molecule has 0 bridgehead atoms. The van der Waals surface area contributed by atoms with Crippen LogP contribution in [0, 0.1) is 12.3 Å². The Labute approximate surface area is 133 Å². The normalized spacial score (nSPS) is 17.4. The molecule has 2 amide bonds. The van der Waals surface area contributed by atoms with Gasteiger partial charge in [-0.1, -0.05) is 32.0 Å². The molecule has 2 rings (SSSR count). The minimum atomic E-state index is -0.0216. The molecule has 0 atom stereocenters. The number of aliphatic hydroxyl groups excluding tert-OH is 1. The Morgan fingerprint density at radius 3 is 2.55 bits per heavy atom. The van der Waals surface area contributed by atoms with Crippen LogP contribution < -0.4 is 5.32 Å². The number of aryl methyl sites for hydroxylation is 2. The van der Waals surface area contributed by atoms with E-state index >= 15 is 0 Å². The van der Waals surface area contributed by atoms with E-state index in [1.807, 2.05) is 24.0 Å². The SMILES string of the molecule is CCc1cccc(C)c1NC(=O)N1CCC(CC)(CO)CC1. The fourth-order valence-electron chi connectivity index (χ4n) is 3.20. The summed E-state index contributed by atoms with van der Waals surface area (Å²) >= 11 is 0. The molecule has 0 unspecified atom stereocenters. The number of benzene rings is 1. The van der Waals surface area contributed by atoms with Crippen LogP contribution in [0.4, 0.5) is 10.5 Å². The van der Waals surface area contributed by atoms with E-state index in [-0.39, 0.29) is 18.1 Å². The van der Waals surface area contributed by atoms with Crippen molar-refractivity contribution in [2.75, 3.05) is 25.0 Å². The number of nitrogens with one attached hydrogen (secondary N) is 1. The molecule has 0 aromatic heterocycles. The number of carbonyl (C=O) groups is 1. The van der Waals surface area contributed by atoms with Gasteiger partial charge in [-0.25, -0.2) is 4.79 Å². The van der Waals surface area contributed by atoms with Crippen molar-refractivity contribution < 1.29 is 9.90 Å². The molecule has 122 valence electrons. The minimum Gasteiger partial charge on any atom is -0.396 e. The molecule has 0 aliphatic carbocycles. The van der Waals surface area contributed by atoms with Crippen molar-refractivity contribution in [3.05, 3.63) is 29.3 Å². The Hall–Kier alpha value is -1.55. The van der Waals surface area contributed by atoms with E-state index in [1.165, 1.54) is 5.56 Å². The second-order valence-electron chi connectivity index (χ2n) is 6.39. The van der Waals surface area contributed by atoms with Gasteiger partial charge in [0.15, 0.2) is 0 Å². The maximum atomic E-state index is 12.5. The fourth-order valence-corrected chi connectivity index (χ4v) is 3.20. The Balaban J connectivity index is 2.03. The van der Waals surface area contributed by atoms with Crippen molar-refractivity contribution in [1.82, 2.24) is 4.90 Å². The number of para-hydroxylation sites is 1. The van der Waals surface area contributed by atoms with Crippen molar-refractivity contribution in [2.45, 2.75) is 46.5 Å². The second-order valence-corrected chi connectivity index (χ2v) is 6.39. The molecule has 0 saturated carbocycles. The molecule has 2 N–H and O–H groups in total. The molecule has 0 spiro atoms. The number of hydrogen-bond donors (Lipinski definition) is 2. The van der Waals surface area contributed by atoms with Crippen molar-refractivity contribution in [2.24, 2.45) is 5.41 Å². The van der Waals surface area contributed by atoms with Crippen LogP contribution in [0.3, 0.4) is 0 Å². The third-order valence-electron chi connectivity index (χ3n) is 5.17. The van der Waals surface area contributed by atoms with E-state index in [1.54, 1.807) is 0 Å². The fraction of sp³-hybridized carbons (Fsp3) is 0.611. The van der Waals surface area contributed by atoms with Gasteiger partial charge in [-0.05, 0) is 49.1 Å². The van der Waals surface area contributed by atoms with Crippen molar-refractivity contribution >= 4 is 11.7 Å². The summed E-state index contributed by atoms with van der Waals surface area (Å²) < 4.78 is 0. The van der Waals surface area contributed by atoms with Crippen LogP contribution in [0.15, 0.2) is 18.2 Å². The van der Waals surface area contributed by atoms with Crippen LogP contribution in [0.2, 0.25) is 0 Å². The first-order chi connectivity index (χ1) is 10.5. The number of anilines is 1. The van der Waals surface area contributed by atoms with Gasteiger partial charge in [-0.3, -0.25) is 0 Å². The molecule has 1 aliphatic rings.